The van der Waals surface area contributed by atoms with E-state index in [1.807, 2.05) is 0 Å². The maximum absolute atomic E-state index is 4.34. The van der Waals surface area contributed by atoms with Crippen LogP contribution in [-0.4, -0.2) is 48.1 Å². The second-order valence-corrected chi connectivity index (χ2v) is 4.63. The Balaban J connectivity index is 2.78. The summed E-state index contributed by atoms with van der Waals surface area (Å²) < 4.78 is 0. The van der Waals surface area contributed by atoms with E-state index in [4.69, 9.17) is 0 Å². The second-order valence-electron chi connectivity index (χ2n) is 4.63. The van der Waals surface area contributed by atoms with Crippen molar-refractivity contribution in [3.8, 4) is 0 Å². The highest BCUT2D eigenvalue weighted by Crippen LogP contribution is 2.20. The van der Waals surface area contributed by atoms with Gasteiger partial charge >= 0.3 is 0 Å². The first-order valence-electron chi connectivity index (χ1n) is 6.58. The van der Waals surface area contributed by atoms with Crippen LogP contribution in [0.1, 0.15) is 26.3 Å². The van der Waals surface area contributed by atoms with Crippen LogP contribution < -0.4 is 10.6 Å². The third-order valence-electron chi connectivity index (χ3n) is 3.09. The number of nitrogens with one attached hydrogen (secondary N) is 2. The quantitative estimate of drug-likeness (QED) is 0.774. The van der Waals surface area contributed by atoms with Crippen LogP contribution in [0, 0.1) is 0 Å². The molecule has 1 atom stereocenters. The van der Waals surface area contributed by atoms with E-state index < -0.39 is 0 Å². The van der Waals surface area contributed by atoms with Crippen LogP contribution in [0.3, 0.4) is 0 Å². The number of nitrogens with zero attached hydrogens (tertiary/aromatic N) is 3. The van der Waals surface area contributed by atoms with Crippen molar-refractivity contribution in [2.45, 2.75) is 33.2 Å². The summed E-state index contributed by atoms with van der Waals surface area (Å²) in [5.41, 5.74) is 1.16. The van der Waals surface area contributed by atoms with Crippen molar-refractivity contribution in [2.24, 2.45) is 0 Å². The van der Waals surface area contributed by atoms with E-state index in [0.717, 1.165) is 36.7 Å². The van der Waals surface area contributed by atoms with Gasteiger partial charge < -0.3 is 15.5 Å². The van der Waals surface area contributed by atoms with Crippen molar-refractivity contribution in [1.82, 2.24) is 14.9 Å². The summed E-state index contributed by atoms with van der Waals surface area (Å²) in [7, 11) is 4.16. The van der Waals surface area contributed by atoms with Crippen LogP contribution >= 0.6 is 0 Å². The molecule has 102 valence electrons. The van der Waals surface area contributed by atoms with E-state index in [1.54, 1.807) is 6.33 Å². The van der Waals surface area contributed by atoms with Crippen molar-refractivity contribution in [3.63, 3.8) is 0 Å². The average Bonchev–Trinajstić information content (AvgIpc) is 2.36. The van der Waals surface area contributed by atoms with Gasteiger partial charge in [-0.25, -0.2) is 9.97 Å². The molecule has 1 unspecified atom stereocenters. The van der Waals surface area contributed by atoms with Crippen molar-refractivity contribution in [1.29, 1.82) is 0 Å². The molecule has 5 heteroatoms. The first kappa shape index (κ1) is 14.7. The van der Waals surface area contributed by atoms with Gasteiger partial charge in [-0.1, -0.05) is 6.92 Å². The van der Waals surface area contributed by atoms with Gasteiger partial charge in [-0.15, -0.1) is 0 Å². The number of hydrogen-bond acceptors (Lipinski definition) is 5. The van der Waals surface area contributed by atoms with Crippen LogP contribution in [-0.2, 0) is 6.42 Å². The summed E-state index contributed by atoms with van der Waals surface area (Å²) in [6.45, 7) is 8.13. The molecule has 0 aliphatic heterocycles. The lowest BCUT2D eigenvalue weighted by Crippen LogP contribution is -2.32. The molecule has 0 saturated carbocycles. The smallest absolute Gasteiger partial charge is 0.134 e. The second kappa shape index (κ2) is 7.16. The predicted octanol–water partition coefficient (Wildman–Crippen LogP) is 1.83. The maximum Gasteiger partial charge on any atom is 0.134 e. The molecule has 0 aliphatic rings. The van der Waals surface area contributed by atoms with E-state index in [1.165, 1.54) is 0 Å². The van der Waals surface area contributed by atoms with Crippen molar-refractivity contribution in [2.75, 3.05) is 37.8 Å². The summed E-state index contributed by atoms with van der Waals surface area (Å²) >= 11 is 0. The van der Waals surface area contributed by atoms with E-state index >= 15 is 0 Å². The Morgan fingerprint density at radius 1 is 1.17 bits per heavy atom. The third kappa shape index (κ3) is 3.84. The highest BCUT2D eigenvalue weighted by Gasteiger charge is 2.10. The number of anilines is 2. The molecular weight excluding hydrogens is 226 g/mol. The van der Waals surface area contributed by atoms with Gasteiger partial charge in [0.05, 0.1) is 0 Å². The maximum atomic E-state index is 4.34. The number of likely N-dealkylation sites (N-methyl/N-ethyl adjacent to an activating group) is 1. The topological polar surface area (TPSA) is 53.1 Å². The fourth-order valence-electron chi connectivity index (χ4n) is 1.65. The standard InChI is InChI=1S/C13H25N5/c1-6-11-12(14-7-2)16-9-17-13(11)15-8-10(3)18(4)5/h9-10H,6-8H2,1-5H3,(H2,14,15,16,17). The monoisotopic (exact) mass is 251 g/mol. The van der Waals surface area contributed by atoms with Crippen LogP contribution in [0.4, 0.5) is 11.6 Å². The van der Waals surface area contributed by atoms with E-state index in [2.05, 4.69) is 60.4 Å². The molecule has 1 rings (SSSR count). The number of aromatic nitrogens is 2. The number of rotatable bonds is 7. The Morgan fingerprint density at radius 2 is 1.78 bits per heavy atom. The zero-order valence-electron chi connectivity index (χ0n) is 12.1. The Hall–Kier alpha value is -1.36. The summed E-state index contributed by atoms with van der Waals surface area (Å²) in [5.74, 6) is 1.88. The lowest BCUT2D eigenvalue weighted by Gasteiger charge is -2.21. The molecule has 0 bridgehead atoms. The summed E-state index contributed by atoms with van der Waals surface area (Å²) in [5, 5.41) is 6.69. The van der Waals surface area contributed by atoms with Gasteiger partial charge in [-0.2, -0.15) is 0 Å². The zero-order valence-corrected chi connectivity index (χ0v) is 12.1. The Morgan fingerprint density at radius 3 is 2.28 bits per heavy atom. The van der Waals surface area contributed by atoms with Crippen LogP contribution in [0.25, 0.3) is 0 Å². The van der Waals surface area contributed by atoms with E-state index in [0.29, 0.717) is 6.04 Å². The molecule has 2 N–H and O–H groups in total. The highest BCUT2D eigenvalue weighted by atomic mass is 15.1. The van der Waals surface area contributed by atoms with Gasteiger partial charge in [-0.05, 0) is 34.4 Å². The molecule has 1 aromatic heterocycles. The van der Waals surface area contributed by atoms with Gasteiger partial charge in [0.25, 0.3) is 0 Å². The van der Waals surface area contributed by atoms with E-state index in [-0.39, 0.29) is 0 Å². The largest absolute Gasteiger partial charge is 0.370 e. The lowest BCUT2D eigenvalue weighted by molar-refractivity contribution is 0.326. The van der Waals surface area contributed by atoms with Crippen LogP contribution in [0.2, 0.25) is 0 Å². The summed E-state index contributed by atoms with van der Waals surface area (Å²) in [4.78, 5) is 10.8. The van der Waals surface area contributed by atoms with Gasteiger partial charge in [0.15, 0.2) is 0 Å². The fraction of sp³-hybridized carbons (Fsp3) is 0.692. The SMILES string of the molecule is CCNc1ncnc(NCC(C)N(C)C)c1CC. The molecule has 18 heavy (non-hydrogen) atoms. The molecule has 0 aliphatic carbocycles. The van der Waals surface area contributed by atoms with Gasteiger partial charge in [0.1, 0.15) is 18.0 Å². The zero-order chi connectivity index (χ0) is 13.5. The highest BCUT2D eigenvalue weighted by molar-refractivity contribution is 5.57. The van der Waals surface area contributed by atoms with Gasteiger partial charge in [0.2, 0.25) is 0 Å². The minimum atomic E-state index is 0.465. The van der Waals surface area contributed by atoms with Crippen molar-refractivity contribution in [3.05, 3.63) is 11.9 Å². The van der Waals surface area contributed by atoms with Crippen molar-refractivity contribution >= 4 is 11.6 Å². The third-order valence-corrected chi connectivity index (χ3v) is 3.09. The molecule has 0 fully saturated rings. The fourth-order valence-corrected chi connectivity index (χ4v) is 1.65. The molecule has 0 radical (unpaired) electrons. The molecular formula is C13H25N5. The molecule has 5 nitrogen and oxygen atoms in total. The van der Waals surface area contributed by atoms with Gasteiger partial charge in [0, 0.05) is 24.7 Å². The number of hydrogen-bond donors (Lipinski definition) is 2. The van der Waals surface area contributed by atoms with E-state index in [9.17, 15) is 0 Å². The molecule has 1 heterocycles. The molecule has 0 spiro atoms. The molecule has 0 amide bonds. The molecule has 0 aromatic carbocycles. The Kier molecular flexibility index (Phi) is 5.85. The summed E-state index contributed by atoms with van der Waals surface area (Å²) in [6, 6.07) is 0.465. The normalized spacial score (nSPS) is 12.6. The Labute approximate surface area is 110 Å². The lowest BCUT2D eigenvalue weighted by atomic mass is 10.2. The van der Waals surface area contributed by atoms with Crippen LogP contribution in [0.15, 0.2) is 6.33 Å². The first-order valence-corrected chi connectivity index (χ1v) is 6.58. The van der Waals surface area contributed by atoms with Crippen LogP contribution in [0.5, 0.6) is 0 Å². The molecule has 0 saturated heterocycles. The molecule has 1 aromatic rings. The Bertz CT molecular complexity index is 364. The minimum absolute atomic E-state index is 0.465. The first-order chi connectivity index (χ1) is 8.60. The predicted molar refractivity (Wildman–Crippen MR) is 77.2 cm³/mol. The minimum Gasteiger partial charge on any atom is -0.370 e. The van der Waals surface area contributed by atoms with Crippen molar-refractivity contribution < 1.29 is 0 Å². The average molecular weight is 251 g/mol. The summed E-state index contributed by atoms with van der Waals surface area (Å²) in [6.07, 6.45) is 2.53. The van der Waals surface area contributed by atoms with Gasteiger partial charge in [-0.3, -0.25) is 0 Å².